The van der Waals surface area contributed by atoms with E-state index in [1.807, 2.05) is 0 Å². The molecule has 5 nitrogen and oxygen atoms in total. The number of thiol groups is 1. The molecule has 0 fully saturated rings. The van der Waals surface area contributed by atoms with Gasteiger partial charge >= 0.3 is 41.5 Å². The number of fused-ring (bicyclic) bond motifs is 4. The Bertz CT molecular complexity index is 1440. The van der Waals surface area contributed by atoms with Crippen molar-refractivity contribution >= 4 is 56.9 Å². The number of carboxylic acids is 2. The Kier molecular flexibility index (Phi) is 9.05. The standard InChI is InChI=1S/C18H12S.C8H6O4.Na.H2O.H/c19-17-7-3-6-12-8-9-15-10-13-4-1-2-5-14(13)11-16(15)18(12)17;9-7(10)5-2-1-3-6(4-5)8(11)12;;;/h1-11,19H;1-4H,(H,9,10)(H,11,12);;1H2;/q;;+1;;-1. The van der Waals surface area contributed by atoms with Crippen molar-refractivity contribution in [2.24, 2.45) is 0 Å². The van der Waals surface area contributed by atoms with Crippen molar-refractivity contribution in [3.63, 3.8) is 0 Å². The number of rotatable bonds is 2. The summed E-state index contributed by atoms with van der Waals surface area (Å²) in [6.07, 6.45) is 0. The molecular formula is C26H21NaO5S. The number of aromatic carboxylic acids is 2. The molecule has 33 heavy (non-hydrogen) atoms. The molecule has 5 aromatic rings. The van der Waals surface area contributed by atoms with Crippen molar-refractivity contribution in [1.82, 2.24) is 0 Å². The zero-order valence-corrected chi connectivity index (χ0v) is 20.7. The van der Waals surface area contributed by atoms with E-state index in [1.165, 1.54) is 50.5 Å². The maximum Gasteiger partial charge on any atom is 1.00 e. The van der Waals surface area contributed by atoms with Crippen molar-refractivity contribution < 1.29 is 56.3 Å². The maximum absolute atomic E-state index is 10.4. The second kappa shape index (κ2) is 11.3. The van der Waals surface area contributed by atoms with Crippen LogP contribution in [0.4, 0.5) is 0 Å². The molecule has 0 aromatic heterocycles. The van der Waals surface area contributed by atoms with Crippen molar-refractivity contribution in [2.75, 3.05) is 0 Å². The molecule has 0 heterocycles. The molecule has 0 bridgehead atoms. The molecule has 0 amide bonds. The van der Waals surface area contributed by atoms with E-state index in [9.17, 15) is 9.59 Å². The van der Waals surface area contributed by atoms with Gasteiger partial charge in [0.2, 0.25) is 0 Å². The second-order valence-corrected chi connectivity index (χ2v) is 7.53. The van der Waals surface area contributed by atoms with Gasteiger partial charge in [0.05, 0.1) is 11.1 Å². The first-order chi connectivity index (χ1) is 14.9. The fourth-order valence-electron chi connectivity index (χ4n) is 3.57. The summed E-state index contributed by atoms with van der Waals surface area (Å²) in [6, 6.07) is 28.8. The molecule has 0 aliphatic heterocycles. The third-order valence-corrected chi connectivity index (χ3v) is 5.43. The number of carboxylic acid groups (broad SMARTS) is 2. The summed E-state index contributed by atoms with van der Waals surface area (Å²) in [7, 11) is 0. The largest absolute Gasteiger partial charge is 1.00 e. The molecule has 0 atom stereocenters. The average Bonchev–Trinajstić information content (AvgIpc) is 2.78. The molecule has 4 N–H and O–H groups in total. The van der Waals surface area contributed by atoms with Gasteiger partial charge in [0, 0.05) is 10.3 Å². The van der Waals surface area contributed by atoms with Crippen LogP contribution in [0.2, 0.25) is 0 Å². The minimum absolute atomic E-state index is 0. The van der Waals surface area contributed by atoms with Gasteiger partial charge in [0.1, 0.15) is 0 Å². The van der Waals surface area contributed by atoms with E-state index >= 15 is 0 Å². The smallest absolute Gasteiger partial charge is 1.00 e. The van der Waals surface area contributed by atoms with Crippen molar-refractivity contribution in [2.45, 2.75) is 4.90 Å². The zero-order chi connectivity index (χ0) is 22.0. The minimum Gasteiger partial charge on any atom is -1.00 e. The van der Waals surface area contributed by atoms with Crippen molar-refractivity contribution in [3.8, 4) is 0 Å². The maximum atomic E-state index is 10.4. The normalized spacial score (nSPS) is 9.97. The Balaban J connectivity index is 0.000000342. The van der Waals surface area contributed by atoms with Gasteiger partial charge in [-0.15, -0.1) is 12.6 Å². The molecule has 0 saturated carbocycles. The topological polar surface area (TPSA) is 106 Å². The molecule has 5 aromatic carbocycles. The minimum atomic E-state index is -1.13. The van der Waals surface area contributed by atoms with Crippen LogP contribution in [0, 0.1) is 0 Å². The monoisotopic (exact) mass is 468 g/mol. The quantitative estimate of drug-likeness (QED) is 0.160. The molecule has 5 rings (SSSR count). The van der Waals surface area contributed by atoms with Crippen LogP contribution in [0.25, 0.3) is 32.3 Å². The zero-order valence-electron chi connectivity index (χ0n) is 18.8. The van der Waals surface area contributed by atoms with Gasteiger partial charge in [-0.3, -0.25) is 0 Å². The second-order valence-electron chi connectivity index (χ2n) is 7.05. The summed E-state index contributed by atoms with van der Waals surface area (Å²) < 4.78 is 0. The predicted octanol–water partition coefficient (Wildman–Crippen LogP) is 2.81. The van der Waals surface area contributed by atoms with E-state index in [0.717, 1.165) is 11.0 Å². The Hall–Kier alpha value is -2.87. The van der Waals surface area contributed by atoms with Gasteiger partial charge in [-0.2, -0.15) is 0 Å². The number of carbonyl (C=O) groups is 2. The van der Waals surface area contributed by atoms with Crippen LogP contribution in [-0.4, -0.2) is 27.6 Å². The van der Waals surface area contributed by atoms with E-state index in [2.05, 4.69) is 79.4 Å². The van der Waals surface area contributed by atoms with Crippen LogP contribution < -0.4 is 29.6 Å². The average molecular weight is 469 g/mol. The Morgan fingerprint density at radius 2 is 1.15 bits per heavy atom. The number of hydrogen-bond acceptors (Lipinski definition) is 3. The molecule has 0 radical (unpaired) electrons. The van der Waals surface area contributed by atoms with Gasteiger partial charge in [0.15, 0.2) is 0 Å². The third kappa shape index (κ3) is 5.74. The molecule has 7 heteroatoms. The fraction of sp³-hybridized carbons (Fsp3) is 0. The van der Waals surface area contributed by atoms with Crippen molar-refractivity contribution in [1.29, 1.82) is 0 Å². The summed E-state index contributed by atoms with van der Waals surface area (Å²) in [4.78, 5) is 21.8. The summed E-state index contributed by atoms with van der Waals surface area (Å²) in [5, 5.41) is 24.6. The van der Waals surface area contributed by atoms with E-state index in [-0.39, 0.29) is 47.6 Å². The SMILES string of the molecule is O.O=C(O)c1cccc(C(=O)O)c1.Sc1cccc2ccc3cc4ccccc4cc3c12.[H-].[Na+]. The summed E-state index contributed by atoms with van der Waals surface area (Å²) in [6.45, 7) is 0. The van der Waals surface area contributed by atoms with Gasteiger partial charge in [-0.25, -0.2) is 9.59 Å². The molecule has 0 spiro atoms. The van der Waals surface area contributed by atoms with E-state index in [0.29, 0.717) is 0 Å². The van der Waals surface area contributed by atoms with Crippen molar-refractivity contribution in [3.05, 3.63) is 102 Å². The summed E-state index contributed by atoms with van der Waals surface area (Å²) >= 11 is 4.62. The van der Waals surface area contributed by atoms with Crippen LogP contribution in [0.3, 0.4) is 0 Å². The van der Waals surface area contributed by atoms with E-state index in [4.69, 9.17) is 10.2 Å². The van der Waals surface area contributed by atoms with E-state index < -0.39 is 11.9 Å². The van der Waals surface area contributed by atoms with Gasteiger partial charge in [-0.05, 0) is 63.3 Å². The van der Waals surface area contributed by atoms with Gasteiger partial charge in [0.25, 0.3) is 0 Å². The number of hydrogen-bond donors (Lipinski definition) is 3. The van der Waals surface area contributed by atoms with Crippen LogP contribution in [0.1, 0.15) is 22.1 Å². The van der Waals surface area contributed by atoms with Crippen LogP contribution in [0.15, 0.2) is 95.9 Å². The Morgan fingerprint density at radius 3 is 1.76 bits per heavy atom. The predicted molar refractivity (Wildman–Crippen MR) is 131 cm³/mol. The van der Waals surface area contributed by atoms with Crippen LogP contribution in [-0.2, 0) is 0 Å². The van der Waals surface area contributed by atoms with Gasteiger partial charge < -0.3 is 17.1 Å². The fourth-order valence-corrected chi connectivity index (χ4v) is 3.90. The first-order valence-electron chi connectivity index (χ1n) is 9.54. The van der Waals surface area contributed by atoms with Crippen LogP contribution >= 0.6 is 12.6 Å². The first kappa shape index (κ1) is 26.4. The molecule has 162 valence electrons. The molecule has 0 aliphatic rings. The number of benzene rings is 5. The molecule has 0 saturated heterocycles. The Morgan fingerprint density at radius 1 is 0.636 bits per heavy atom. The van der Waals surface area contributed by atoms with Gasteiger partial charge in [-0.1, -0.05) is 54.6 Å². The van der Waals surface area contributed by atoms with Crippen LogP contribution in [0.5, 0.6) is 0 Å². The first-order valence-corrected chi connectivity index (χ1v) is 9.98. The molecule has 0 unspecified atom stereocenters. The molecule has 0 aliphatic carbocycles. The summed E-state index contributed by atoms with van der Waals surface area (Å²) in [5.41, 5.74) is -0.0372. The Labute approximate surface area is 219 Å². The third-order valence-electron chi connectivity index (χ3n) is 5.06. The molecular weight excluding hydrogens is 447 g/mol. The van der Waals surface area contributed by atoms with E-state index in [1.54, 1.807) is 0 Å². The summed E-state index contributed by atoms with van der Waals surface area (Å²) in [5.74, 6) is -2.25.